The van der Waals surface area contributed by atoms with E-state index in [1.165, 1.54) is 37.6 Å². The van der Waals surface area contributed by atoms with Gasteiger partial charge in [-0.1, -0.05) is 23.2 Å². The molecule has 1 aliphatic rings. The van der Waals surface area contributed by atoms with Crippen LogP contribution < -0.4 is 5.56 Å². The molecule has 7 heteroatoms. The monoisotopic (exact) mass is 313 g/mol. The molecule has 6 nitrogen and oxygen atoms in total. The Hall–Kier alpha value is -1.53. The van der Waals surface area contributed by atoms with E-state index in [2.05, 4.69) is 10.1 Å². The average molecular weight is 314 g/mol. The zero-order chi connectivity index (χ0) is 15.1. The van der Waals surface area contributed by atoms with Crippen molar-refractivity contribution in [3.63, 3.8) is 0 Å². The zero-order valence-electron chi connectivity index (χ0n) is 11.9. The third-order valence-electron chi connectivity index (χ3n) is 3.45. The van der Waals surface area contributed by atoms with Crippen LogP contribution in [0.4, 0.5) is 0 Å². The van der Waals surface area contributed by atoms with Gasteiger partial charge in [-0.3, -0.25) is 4.79 Å². The minimum absolute atomic E-state index is 0.0543. The summed E-state index contributed by atoms with van der Waals surface area (Å²) < 4.78 is 0.462. The molecule has 0 bridgehead atoms. The Bertz CT molecular complexity index is 539. The molecule has 21 heavy (non-hydrogen) atoms. The minimum atomic E-state index is -0.622. The maximum absolute atomic E-state index is 11.6. The molecule has 2 heterocycles. The number of hydrogen-bond acceptors (Lipinski definition) is 5. The predicted octanol–water partition coefficient (Wildman–Crippen LogP) is 1.88. The van der Waals surface area contributed by atoms with Gasteiger partial charge in [0.05, 0.1) is 5.56 Å². The molecule has 1 N–H and O–H groups in total. The Morgan fingerprint density at radius 3 is 2.90 bits per heavy atom. The van der Waals surface area contributed by atoms with Gasteiger partial charge >= 0.3 is 0 Å². The Labute approximate surface area is 128 Å². The molecular weight excluding hydrogens is 294 g/mol. The first-order valence-electron chi connectivity index (χ1n) is 7.17. The topological polar surface area (TPSA) is 67.1 Å². The number of halogens is 1. The first-order chi connectivity index (χ1) is 10.2. The number of rotatable bonds is 6. The van der Waals surface area contributed by atoms with Crippen molar-refractivity contribution in [3.8, 4) is 0 Å². The van der Waals surface area contributed by atoms with E-state index in [1.54, 1.807) is 0 Å². The van der Waals surface area contributed by atoms with Crippen LogP contribution in [0.3, 0.4) is 0 Å². The van der Waals surface area contributed by atoms with Crippen LogP contribution in [0.2, 0.25) is 0 Å². The number of nitrogens with zero attached hydrogens (tertiary/aromatic N) is 3. The fourth-order valence-corrected chi connectivity index (χ4v) is 2.52. The molecule has 0 atom stereocenters. The lowest BCUT2D eigenvalue weighted by Crippen LogP contribution is -2.31. The number of likely N-dealkylation sites (tertiary alicyclic amines) is 1. The van der Waals surface area contributed by atoms with Gasteiger partial charge in [0.25, 0.3) is 5.56 Å². The summed E-state index contributed by atoms with van der Waals surface area (Å²) in [5.74, 6) is 0. The lowest BCUT2D eigenvalue weighted by molar-refractivity contribution is 0.125. The van der Waals surface area contributed by atoms with E-state index in [0.29, 0.717) is 11.3 Å². The standard InChI is InChI=1S/C14H20ClN3O3/c15-13(12-6-4-10-18(20)14(12)19)16-21-11-5-9-17-7-2-1-3-8-17/h4,6,10,20H,1-3,5,7-9,11H2. The van der Waals surface area contributed by atoms with Crippen molar-refractivity contribution < 1.29 is 10.0 Å². The van der Waals surface area contributed by atoms with Gasteiger partial charge in [0.15, 0.2) is 5.17 Å². The van der Waals surface area contributed by atoms with Gasteiger partial charge < -0.3 is 14.9 Å². The molecule has 1 aliphatic heterocycles. The van der Waals surface area contributed by atoms with E-state index < -0.39 is 5.56 Å². The van der Waals surface area contributed by atoms with Crippen molar-refractivity contribution in [3.05, 3.63) is 34.2 Å². The summed E-state index contributed by atoms with van der Waals surface area (Å²) in [5.41, 5.74) is -0.513. The van der Waals surface area contributed by atoms with Crippen molar-refractivity contribution in [2.45, 2.75) is 25.7 Å². The van der Waals surface area contributed by atoms with Crippen LogP contribution in [0, 0.1) is 0 Å². The summed E-state index contributed by atoms with van der Waals surface area (Å²) in [6, 6.07) is 2.99. The quantitative estimate of drug-likeness (QED) is 0.377. The number of hydrogen-bond donors (Lipinski definition) is 1. The van der Waals surface area contributed by atoms with Gasteiger partial charge in [-0.15, -0.1) is 0 Å². The van der Waals surface area contributed by atoms with Crippen LogP contribution >= 0.6 is 11.6 Å². The summed E-state index contributed by atoms with van der Waals surface area (Å²) in [7, 11) is 0. The molecule has 1 aromatic rings. The van der Waals surface area contributed by atoms with Crippen LogP contribution in [0.5, 0.6) is 0 Å². The molecule has 0 spiro atoms. The second-order valence-electron chi connectivity index (χ2n) is 5.04. The molecule has 0 unspecified atom stereocenters. The van der Waals surface area contributed by atoms with Crippen LogP contribution in [0.15, 0.2) is 28.3 Å². The Balaban J connectivity index is 1.75. The smallest absolute Gasteiger partial charge is 0.293 e. The highest BCUT2D eigenvalue weighted by Crippen LogP contribution is 2.08. The summed E-state index contributed by atoms with van der Waals surface area (Å²) in [6.45, 7) is 3.75. The number of piperidine rings is 1. The van der Waals surface area contributed by atoms with Crippen molar-refractivity contribution in [2.24, 2.45) is 5.16 Å². The summed E-state index contributed by atoms with van der Waals surface area (Å²) >= 11 is 5.90. The van der Waals surface area contributed by atoms with Crippen LogP contribution in [0.25, 0.3) is 0 Å². The number of aromatic nitrogens is 1. The van der Waals surface area contributed by atoms with Gasteiger partial charge in [0.2, 0.25) is 0 Å². The number of pyridine rings is 1. The highest BCUT2D eigenvalue weighted by Gasteiger charge is 2.10. The third-order valence-corrected chi connectivity index (χ3v) is 3.73. The Kier molecular flexibility index (Phi) is 6.07. The summed E-state index contributed by atoms with van der Waals surface area (Å²) in [6.07, 6.45) is 5.97. The second kappa shape index (κ2) is 8.05. The van der Waals surface area contributed by atoms with Crippen molar-refractivity contribution in [1.29, 1.82) is 0 Å². The largest absolute Gasteiger partial charge is 0.425 e. The molecule has 0 aliphatic carbocycles. The maximum atomic E-state index is 11.6. The molecule has 116 valence electrons. The second-order valence-corrected chi connectivity index (χ2v) is 5.40. The first-order valence-corrected chi connectivity index (χ1v) is 7.55. The summed E-state index contributed by atoms with van der Waals surface area (Å²) in [4.78, 5) is 19.1. The minimum Gasteiger partial charge on any atom is -0.425 e. The zero-order valence-corrected chi connectivity index (χ0v) is 12.6. The van der Waals surface area contributed by atoms with Crippen molar-refractivity contribution >= 4 is 16.8 Å². The third kappa shape index (κ3) is 4.75. The number of oxime groups is 1. The normalized spacial score (nSPS) is 16.9. The molecule has 0 aromatic carbocycles. The van der Waals surface area contributed by atoms with Gasteiger partial charge in [0.1, 0.15) is 6.61 Å². The van der Waals surface area contributed by atoms with E-state index in [9.17, 15) is 10.0 Å². The molecule has 1 fully saturated rings. The molecule has 1 aromatic heterocycles. The fourth-order valence-electron chi connectivity index (χ4n) is 2.33. The highest BCUT2D eigenvalue weighted by atomic mass is 35.5. The predicted molar refractivity (Wildman–Crippen MR) is 81.1 cm³/mol. The van der Waals surface area contributed by atoms with Crippen molar-refractivity contribution in [1.82, 2.24) is 9.63 Å². The molecule has 0 amide bonds. The summed E-state index contributed by atoms with van der Waals surface area (Å²) in [5, 5.41) is 12.9. The van der Waals surface area contributed by atoms with E-state index in [0.717, 1.165) is 26.1 Å². The van der Waals surface area contributed by atoms with E-state index in [-0.39, 0.29) is 10.7 Å². The molecule has 2 rings (SSSR count). The average Bonchev–Trinajstić information content (AvgIpc) is 2.50. The van der Waals surface area contributed by atoms with Crippen LogP contribution in [-0.2, 0) is 4.84 Å². The van der Waals surface area contributed by atoms with Gasteiger partial charge in [-0.2, -0.15) is 4.73 Å². The van der Waals surface area contributed by atoms with E-state index in [1.807, 2.05) is 0 Å². The van der Waals surface area contributed by atoms with Gasteiger partial charge in [-0.05, 0) is 44.5 Å². The lowest BCUT2D eigenvalue weighted by Gasteiger charge is -2.25. The molecule has 1 saturated heterocycles. The SMILES string of the molecule is O=c1c(C(Cl)=NOCCCN2CCCCC2)cccn1O. The molecule has 0 radical (unpaired) electrons. The van der Waals surface area contributed by atoms with E-state index >= 15 is 0 Å². The maximum Gasteiger partial charge on any atom is 0.293 e. The van der Waals surface area contributed by atoms with Crippen molar-refractivity contribution in [2.75, 3.05) is 26.2 Å². The fraction of sp³-hybridized carbons (Fsp3) is 0.571. The Morgan fingerprint density at radius 1 is 1.38 bits per heavy atom. The molecule has 0 saturated carbocycles. The Morgan fingerprint density at radius 2 is 2.14 bits per heavy atom. The first kappa shape index (κ1) is 15.9. The van der Waals surface area contributed by atoms with E-state index in [4.69, 9.17) is 16.4 Å². The van der Waals surface area contributed by atoms with Crippen LogP contribution in [0.1, 0.15) is 31.2 Å². The highest BCUT2D eigenvalue weighted by molar-refractivity contribution is 6.69. The van der Waals surface area contributed by atoms with Gasteiger partial charge in [0, 0.05) is 12.7 Å². The lowest BCUT2D eigenvalue weighted by atomic mass is 10.1. The van der Waals surface area contributed by atoms with Crippen LogP contribution in [-0.4, -0.2) is 46.2 Å². The van der Waals surface area contributed by atoms with Gasteiger partial charge in [-0.25, -0.2) is 0 Å². The molecular formula is C14H20ClN3O3.